The maximum atomic E-state index is 13.2. The summed E-state index contributed by atoms with van der Waals surface area (Å²) >= 11 is 0. The summed E-state index contributed by atoms with van der Waals surface area (Å²) in [6, 6.07) is 3.97. The Bertz CT molecular complexity index is 1080. The summed E-state index contributed by atoms with van der Waals surface area (Å²) in [6.07, 6.45) is 1.11. The third kappa shape index (κ3) is 5.51. The zero-order valence-corrected chi connectivity index (χ0v) is 20.8. The number of ether oxygens (including phenoxy) is 2. The number of morpholine rings is 1. The highest BCUT2D eigenvalue weighted by Gasteiger charge is 2.45. The number of carbonyl (C=O) groups is 5. The van der Waals surface area contributed by atoms with Crippen LogP contribution in [-0.4, -0.2) is 83.5 Å². The number of nitrogens with one attached hydrogen (secondary N) is 2. The number of amides is 5. The minimum Gasteiger partial charge on any atom is -0.444 e. The summed E-state index contributed by atoms with van der Waals surface area (Å²) in [5.74, 6) is -2.13. The van der Waals surface area contributed by atoms with Crippen molar-refractivity contribution in [2.45, 2.75) is 64.2 Å². The van der Waals surface area contributed by atoms with E-state index >= 15 is 0 Å². The van der Waals surface area contributed by atoms with Crippen LogP contribution >= 0.6 is 0 Å². The fraction of sp³-hybridized carbons (Fsp3) is 0.560. The second-order valence-electron chi connectivity index (χ2n) is 10.2. The highest BCUT2D eigenvalue weighted by molar-refractivity contribution is 6.25. The number of carbonyl (C=O) groups excluding carboxylic acids is 5. The molecule has 0 spiro atoms. The van der Waals surface area contributed by atoms with E-state index in [1.807, 2.05) is 20.8 Å². The number of hydrogen-bond acceptors (Lipinski definition) is 8. The van der Waals surface area contributed by atoms with Gasteiger partial charge in [0.15, 0.2) is 0 Å². The van der Waals surface area contributed by atoms with Crippen LogP contribution in [0.4, 0.5) is 10.5 Å². The van der Waals surface area contributed by atoms with Crippen LogP contribution in [0.15, 0.2) is 18.2 Å². The molecule has 0 aliphatic carbocycles. The van der Waals surface area contributed by atoms with Crippen molar-refractivity contribution < 1.29 is 33.4 Å². The van der Waals surface area contributed by atoms with Gasteiger partial charge in [0, 0.05) is 25.2 Å². The molecule has 3 aliphatic rings. The molecule has 194 valence electrons. The maximum absolute atomic E-state index is 13.2. The number of anilines is 1. The molecule has 1 aromatic carbocycles. The van der Waals surface area contributed by atoms with E-state index in [4.69, 9.17) is 9.47 Å². The first-order valence-corrected chi connectivity index (χ1v) is 12.2. The van der Waals surface area contributed by atoms with Crippen molar-refractivity contribution >= 4 is 35.4 Å². The van der Waals surface area contributed by atoms with Gasteiger partial charge in [0.25, 0.3) is 11.8 Å². The highest BCUT2D eigenvalue weighted by Crippen LogP contribution is 2.32. The Labute approximate surface area is 209 Å². The van der Waals surface area contributed by atoms with E-state index in [0.29, 0.717) is 44.8 Å². The molecule has 3 aliphatic heterocycles. The number of fused-ring (bicyclic) bond motifs is 1. The van der Waals surface area contributed by atoms with E-state index in [-0.39, 0.29) is 36.2 Å². The lowest BCUT2D eigenvalue weighted by Gasteiger charge is -2.34. The Morgan fingerprint density at radius 2 is 1.97 bits per heavy atom. The molecule has 0 aromatic heterocycles. The lowest BCUT2D eigenvalue weighted by atomic mass is 10.0. The standard InChI is InChI=1S/C25H32N4O7/c1-25(2,3)36-24(34)28-12-13-35-15(14-28)6-5-11-26-17-8-4-7-16-20(17)23(33)29(22(16)32)18-9-10-19(30)27-21(18)31/h4,7-8,15,18,26H,5-6,9-14H2,1-3H3,(H,27,30,31)/t15-,18?/m0/s1. The Kier molecular flexibility index (Phi) is 7.30. The van der Waals surface area contributed by atoms with Crippen LogP contribution in [-0.2, 0) is 19.1 Å². The van der Waals surface area contributed by atoms with E-state index in [0.717, 1.165) is 4.90 Å². The quantitative estimate of drug-likeness (QED) is 0.447. The predicted molar refractivity (Wildman–Crippen MR) is 128 cm³/mol. The van der Waals surface area contributed by atoms with Crippen molar-refractivity contribution in [1.29, 1.82) is 0 Å². The molecule has 4 rings (SSSR count). The minimum atomic E-state index is -1.00. The number of hydrogen-bond donors (Lipinski definition) is 2. The average molecular weight is 501 g/mol. The Balaban J connectivity index is 1.33. The van der Waals surface area contributed by atoms with Crippen molar-refractivity contribution in [3.05, 3.63) is 29.3 Å². The summed E-state index contributed by atoms with van der Waals surface area (Å²) in [6.45, 7) is 7.38. The SMILES string of the molecule is CC(C)(C)OC(=O)N1CCO[C@@H](CCCNc2cccc3c2C(=O)N(C2CCC(=O)NC2=O)C3=O)C1. The van der Waals surface area contributed by atoms with E-state index in [2.05, 4.69) is 10.6 Å². The minimum absolute atomic E-state index is 0.0729. The van der Waals surface area contributed by atoms with Gasteiger partial charge in [-0.1, -0.05) is 6.07 Å². The molecule has 2 fully saturated rings. The normalized spacial score (nSPS) is 22.4. The van der Waals surface area contributed by atoms with Gasteiger partial charge in [0.2, 0.25) is 11.8 Å². The molecule has 1 unspecified atom stereocenters. The first kappa shape index (κ1) is 25.6. The molecule has 11 heteroatoms. The third-order valence-corrected chi connectivity index (χ3v) is 6.28. The summed E-state index contributed by atoms with van der Waals surface area (Å²) in [4.78, 5) is 64.8. The van der Waals surface area contributed by atoms with Crippen LogP contribution in [0.25, 0.3) is 0 Å². The van der Waals surface area contributed by atoms with Gasteiger partial charge in [0.05, 0.1) is 30.4 Å². The molecule has 2 saturated heterocycles. The molecule has 36 heavy (non-hydrogen) atoms. The maximum Gasteiger partial charge on any atom is 0.410 e. The molecule has 1 aromatic rings. The van der Waals surface area contributed by atoms with E-state index < -0.39 is 35.3 Å². The summed E-state index contributed by atoms with van der Waals surface area (Å²) in [7, 11) is 0. The zero-order chi connectivity index (χ0) is 26.0. The predicted octanol–water partition coefficient (Wildman–Crippen LogP) is 1.92. The monoisotopic (exact) mass is 500 g/mol. The zero-order valence-electron chi connectivity index (χ0n) is 20.8. The Morgan fingerprint density at radius 1 is 1.19 bits per heavy atom. The Morgan fingerprint density at radius 3 is 2.69 bits per heavy atom. The molecule has 0 radical (unpaired) electrons. The summed E-state index contributed by atoms with van der Waals surface area (Å²) in [5.41, 5.74) is 0.424. The van der Waals surface area contributed by atoms with Crippen molar-refractivity contribution in [1.82, 2.24) is 15.1 Å². The smallest absolute Gasteiger partial charge is 0.410 e. The summed E-state index contributed by atoms with van der Waals surface area (Å²) < 4.78 is 11.2. The topological polar surface area (TPSA) is 134 Å². The molecule has 2 N–H and O–H groups in total. The van der Waals surface area contributed by atoms with Crippen LogP contribution in [0, 0.1) is 0 Å². The molecule has 11 nitrogen and oxygen atoms in total. The first-order chi connectivity index (χ1) is 17.0. The van der Waals surface area contributed by atoms with Crippen LogP contribution < -0.4 is 10.6 Å². The molecular weight excluding hydrogens is 468 g/mol. The summed E-state index contributed by atoms with van der Waals surface area (Å²) in [5, 5.41) is 5.43. The van der Waals surface area contributed by atoms with Gasteiger partial charge in [0.1, 0.15) is 11.6 Å². The number of nitrogens with zero attached hydrogens (tertiary/aromatic N) is 2. The van der Waals surface area contributed by atoms with E-state index in [9.17, 15) is 24.0 Å². The highest BCUT2D eigenvalue weighted by atomic mass is 16.6. The van der Waals surface area contributed by atoms with E-state index in [1.54, 1.807) is 23.1 Å². The van der Waals surface area contributed by atoms with Crippen molar-refractivity contribution in [2.75, 3.05) is 31.6 Å². The molecule has 0 bridgehead atoms. The van der Waals surface area contributed by atoms with Gasteiger partial charge in [-0.3, -0.25) is 29.4 Å². The van der Waals surface area contributed by atoms with Crippen molar-refractivity contribution in [2.24, 2.45) is 0 Å². The van der Waals surface area contributed by atoms with Gasteiger partial charge >= 0.3 is 6.09 Å². The van der Waals surface area contributed by atoms with Gasteiger partial charge in [-0.2, -0.15) is 0 Å². The molecular formula is C25H32N4O7. The fourth-order valence-electron chi connectivity index (χ4n) is 4.60. The second kappa shape index (κ2) is 10.3. The lowest BCUT2D eigenvalue weighted by Crippen LogP contribution is -2.54. The van der Waals surface area contributed by atoms with Crippen LogP contribution in [0.3, 0.4) is 0 Å². The number of benzene rings is 1. The van der Waals surface area contributed by atoms with Gasteiger partial charge in [-0.15, -0.1) is 0 Å². The van der Waals surface area contributed by atoms with Crippen LogP contribution in [0.5, 0.6) is 0 Å². The average Bonchev–Trinajstić information content (AvgIpc) is 3.07. The van der Waals surface area contributed by atoms with Crippen molar-refractivity contribution in [3.8, 4) is 0 Å². The molecule has 2 atom stereocenters. The number of piperidine rings is 1. The second-order valence-corrected chi connectivity index (χ2v) is 10.2. The fourth-order valence-corrected chi connectivity index (χ4v) is 4.60. The number of imide groups is 2. The van der Waals surface area contributed by atoms with Crippen LogP contribution in [0.2, 0.25) is 0 Å². The molecule has 3 heterocycles. The molecule has 5 amide bonds. The Hall–Kier alpha value is -3.47. The van der Waals surface area contributed by atoms with Gasteiger partial charge in [-0.05, 0) is 52.2 Å². The van der Waals surface area contributed by atoms with Gasteiger partial charge in [-0.25, -0.2) is 4.79 Å². The number of rotatable bonds is 6. The van der Waals surface area contributed by atoms with E-state index in [1.165, 1.54) is 0 Å². The lowest BCUT2D eigenvalue weighted by molar-refractivity contribution is -0.136. The first-order valence-electron chi connectivity index (χ1n) is 12.2. The van der Waals surface area contributed by atoms with Crippen molar-refractivity contribution in [3.63, 3.8) is 0 Å². The van der Waals surface area contributed by atoms with Crippen LogP contribution in [0.1, 0.15) is 67.2 Å². The van der Waals surface area contributed by atoms with Gasteiger partial charge < -0.3 is 19.7 Å². The molecule has 0 saturated carbocycles. The third-order valence-electron chi connectivity index (χ3n) is 6.28. The largest absolute Gasteiger partial charge is 0.444 e.